The average molecular weight is 279 g/mol. The van der Waals surface area contributed by atoms with Crippen LogP contribution >= 0.6 is 0 Å². The Morgan fingerprint density at radius 2 is 1.90 bits per heavy atom. The minimum atomic E-state index is -0.257. The van der Waals surface area contributed by atoms with Crippen LogP contribution in [-0.2, 0) is 0 Å². The molecule has 110 valence electrons. The highest BCUT2D eigenvalue weighted by atomic mass is 19.1. The summed E-state index contributed by atoms with van der Waals surface area (Å²) in [5, 5.41) is 12.4. The normalized spacial score (nSPS) is 22.6. The van der Waals surface area contributed by atoms with E-state index in [4.69, 9.17) is 0 Å². The molecule has 0 bridgehead atoms. The van der Waals surface area contributed by atoms with Gasteiger partial charge in [-0.2, -0.15) is 0 Å². The molecule has 4 heteroatoms. The van der Waals surface area contributed by atoms with Crippen LogP contribution in [-0.4, -0.2) is 23.7 Å². The van der Waals surface area contributed by atoms with E-state index < -0.39 is 0 Å². The number of hydrogen-bond acceptors (Lipinski definition) is 2. The molecule has 3 nitrogen and oxygen atoms in total. The summed E-state index contributed by atoms with van der Waals surface area (Å²) in [7, 11) is 0. The number of aliphatic hydroxyl groups excluding tert-OH is 1. The fourth-order valence-electron chi connectivity index (χ4n) is 2.94. The van der Waals surface area contributed by atoms with Gasteiger partial charge in [-0.1, -0.05) is 12.8 Å². The Labute approximate surface area is 119 Å². The molecule has 0 spiro atoms. The number of hydrogen-bond donors (Lipinski definition) is 2. The number of halogens is 1. The molecule has 2 atom stereocenters. The summed E-state index contributed by atoms with van der Waals surface area (Å²) in [5.74, 6) is -0.302. The number of carbonyl (C=O) groups excluding carboxylic acids is 1. The van der Waals surface area contributed by atoms with Crippen molar-refractivity contribution in [3.05, 3.63) is 34.6 Å². The predicted octanol–water partition coefficient (Wildman–Crippen LogP) is 2.72. The largest absolute Gasteiger partial charge is 0.396 e. The molecule has 1 saturated carbocycles. The third-order valence-electron chi connectivity index (χ3n) is 4.16. The van der Waals surface area contributed by atoms with Gasteiger partial charge in [0, 0.05) is 24.1 Å². The van der Waals surface area contributed by atoms with Crippen LogP contribution in [0.2, 0.25) is 0 Å². The average Bonchev–Trinajstić information content (AvgIpc) is 2.44. The fourth-order valence-corrected chi connectivity index (χ4v) is 2.94. The maximum Gasteiger partial charge on any atom is 0.251 e. The summed E-state index contributed by atoms with van der Waals surface area (Å²) < 4.78 is 13.6. The number of aryl methyl sites for hydroxylation is 2. The zero-order chi connectivity index (χ0) is 14.7. The molecule has 1 fully saturated rings. The zero-order valence-electron chi connectivity index (χ0n) is 12.1. The third-order valence-corrected chi connectivity index (χ3v) is 4.16. The van der Waals surface area contributed by atoms with Gasteiger partial charge in [-0.15, -0.1) is 0 Å². The molecule has 1 amide bonds. The summed E-state index contributed by atoms with van der Waals surface area (Å²) in [4.78, 5) is 12.3. The lowest BCUT2D eigenvalue weighted by molar-refractivity contribution is 0.0872. The Hall–Kier alpha value is -1.42. The Morgan fingerprint density at radius 1 is 1.30 bits per heavy atom. The van der Waals surface area contributed by atoms with Crippen LogP contribution in [0.1, 0.15) is 47.2 Å². The lowest BCUT2D eigenvalue weighted by atomic mass is 9.85. The smallest absolute Gasteiger partial charge is 0.251 e. The van der Waals surface area contributed by atoms with Gasteiger partial charge in [0.05, 0.1) is 0 Å². The zero-order valence-corrected chi connectivity index (χ0v) is 12.1. The summed E-state index contributed by atoms with van der Waals surface area (Å²) in [6.07, 6.45) is 4.02. The molecule has 1 aromatic carbocycles. The van der Waals surface area contributed by atoms with Gasteiger partial charge >= 0.3 is 0 Å². The highest BCUT2D eigenvalue weighted by Gasteiger charge is 2.26. The van der Waals surface area contributed by atoms with E-state index in [0.717, 1.165) is 25.7 Å². The second kappa shape index (κ2) is 6.35. The highest BCUT2D eigenvalue weighted by molar-refractivity contribution is 5.94. The predicted molar refractivity (Wildman–Crippen MR) is 76.2 cm³/mol. The van der Waals surface area contributed by atoms with E-state index >= 15 is 0 Å². The van der Waals surface area contributed by atoms with E-state index in [2.05, 4.69) is 5.32 Å². The first-order chi connectivity index (χ1) is 9.52. The van der Waals surface area contributed by atoms with Crippen LogP contribution in [0, 0.1) is 25.6 Å². The lowest BCUT2D eigenvalue weighted by Crippen LogP contribution is -2.43. The molecule has 0 radical (unpaired) electrons. The molecule has 2 N–H and O–H groups in total. The van der Waals surface area contributed by atoms with Crippen molar-refractivity contribution in [2.24, 2.45) is 5.92 Å². The van der Waals surface area contributed by atoms with Crippen LogP contribution < -0.4 is 5.32 Å². The molecule has 1 aliphatic rings. The standard InChI is InChI=1S/C16H22FNO2/c1-10-7-13(8-11(2)15(10)17)16(20)18-14-6-4-3-5-12(14)9-19/h7-8,12,14,19H,3-6,9H2,1-2H3,(H,18,20). The molecular formula is C16H22FNO2. The van der Waals surface area contributed by atoms with Crippen molar-refractivity contribution < 1.29 is 14.3 Å². The van der Waals surface area contributed by atoms with Crippen LogP contribution in [0.25, 0.3) is 0 Å². The summed E-state index contributed by atoms with van der Waals surface area (Å²) in [6.45, 7) is 3.43. The first kappa shape index (κ1) is 15.0. The number of amides is 1. The maximum atomic E-state index is 13.6. The number of aliphatic hydroxyl groups is 1. The molecular weight excluding hydrogens is 257 g/mol. The van der Waals surface area contributed by atoms with E-state index in [9.17, 15) is 14.3 Å². The van der Waals surface area contributed by atoms with Gasteiger partial charge in [0.15, 0.2) is 0 Å². The first-order valence-electron chi connectivity index (χ1n) is 7.21. The van der Waals surface area contributed by atoms with Crippen molar-refractivity contribution >= 4 is 5.91 Å². The molecule has 20 heavy (non-hydrogen) atoms. The van der Waals surface area contributed by atoms with Crippen molar-refractivity contribution in [2.45, 2.75) is 45.6 Å². The fraction of sp³-hybridized carbons (Fsp3) is 0.562. The topological polar surface area (TPSA) is 49.3 Å². The second-order valence-corrected chi connectivity index (χ2v) is 5.73. The minimum Gasteiger partial charge on any atom is -0.396 e. The van der Waals surface area contributed by atoms with E-state index in [1.807, 2.05) is 0 Å². The molecule has 0 aromatic heterocycles. The first-order valence-corrected chi connectivity index (χ1v) is 7.21. The van der Waals surface area contributed by atoms with Gasteiger partial charge in [0.1, 0.15) is 5.82 Å². The highest BCUT2D eigenvalue weighted by Crippen LogP contribution is 2.24. The van der Waals surface area contributed by atoms with Gasteiger partial charge in [0.2, 0.25) is 0 Å². The van der Waals surface area contributed by atoms with Crippen molar-refractivity contribution in [3.8, 4) is 0 Å². The van der Waals surface area contributed by atoms with E-state index in [1.165, 1.54) is 0 Å². The molecule has 0 heterocycles. The van der Waals surface area contributed by atoms with Crippen LogP contribution in [0.15, 0.2) is 12.1 Å². The number of rotatable bonds is 3. The Balaban J connectivity index is 2.11. The van der Waals surface area contributed by atoms with E-state index in [1.54, 1.807) is 26.0 Å². The van der Waals surface area contributed by atoms with Crippen LogP contribution in [0.4, 0.5) is 4.39 Å². The molecule has 1 aliphatic carbocycles. The van der Waals surface area contributed by atoms with Crippen molar-refractivity contribution in [1.82, 2.24) is 5.32 Å². The minimum absolute atomic E-state index is 0.0203. The summed E-state index contributed by atoms with van der Waals surface area (Å²) >= 11 is 0. The molecule has 0 aliphatic heterocycles. The number of carbonyl (C=O) groups is 1. The van der Waals surface area contributed by atoms with Crippen LogP contribution in [0.3, 0.4) is 0 Å². The quantitative estimate of drug-likeness (QED) is 0.893. The molecule has 1 aromatic rings. The van der Waals surface area contributed by atoms with E-state index in [-0.39, 0.29) is 30.3 Å². The van der Waals surface area contributed by atoms with Crippen molar-refractivity contribution in [2.75, 3.05) is 6.61 Å². The molecule has 0 saturated heterocycles. The van der Waals surface area contributed by atoms with Crippen molar-refractivity contribution in [3.63, 3.8) is 0 Å². The van der Waals surface area contributed by atoms with E-state index in [0.29, 0.717) is 16.7 Å². The Morgan fingerprint density at radius 3 is 2.50 bits per heavy atom. The summed E-state index contributed by atoms with van der Waals surface area (Å²) in [5.41, 5.74) is 1.46. The summed E-state index contributed by atoms with van der Waals surface area (Å²) in [6, 6.07) is 3.18. The van der Waals surface area contributed by atoms with Gasteiger partial charge in [0.25, 0.3) is 5.91 Å². The van der Waals surface area contributed by atoms with Gasteiger partial charge in [-0.05, 0) is 49.9 Å². The second-order valence-electron chi connectivity index (χ2n) is 5.73. The maximum absolute atomic E-state index is 13.6. The molecule has 2 unspecified atom stereocenters. The van der Waals surface area contributed by atoms with Gasteiger partial charge < -0.3 is 10.4 Å². The number of benzene rings is 1. The van der Waals surface area contributed by atoms with Crippen LogP contribution in [0.5, 0.6) is 0 Å². The Kier molecular flexibility index (Phi) is 4.76. The lowest BCUT2D eigenvalue weighted by Gasteiger charge is -2.30. The number of nitrogens with one attached hydrogen (secondary N) is 1. The van der Waals surface area contributed by atoms with Gasteiger partial charge in [-0.3, -0.25) is 4.79 Å². The van der Waals surface area contributed by atoms with Gasteiger partial charge in [-0.25, -0.2) is 4.39 Å². The monoisotopic (exact) mass is 279 g/mol. The third kappa shape index (κ3) is 3.18. The molecule has 2 rings (SSSR count). The SMILES string of the molecule is Cc1cc(C(=O)NC2CCCCC2CO)cc(C)c1F. The van der Waals surface area contributed by atoms with Crippen molar-refractivity contribution in [1.29, 1.82) is 0 Å². The Bertz CT molecular complexity index is 478.